The average Bonchev–Trinajstić information content (AvgIpc) is 2.57. The van der Waals surface area contributed by atoms with Gasteiger partial charge in [-0.15, -0.1) is 10.5 Å². The first kappa shape index (κ1) is 13.3. The highest BCUT2D eigenvalue weighted by Crippen LogP contribution is 2.50. The Morgan fingerprint density at radius 3 is 1.59 bits per heavy atom. The van der Waals surface area contributed by atoms with Crippen LogP contribution >= 0.6 is 10.5 Å². The zero-order valence-corrected chi connectivity index (χ0v) is 13.0. The largest absolute Gasteiger partial charge is 0.115 e. The molecule has 0 saturated heterocycles. The zero-order valence-electron chi connectivity index (χ0n) is 12.1. The Labute approximate surface area is 133 Å². The molecule has 0 radical (unpaired) electrons. The number of benzene rings is 3. The molecule has 0 nitrogen and oxygen atoms in total. The summed E-state index contributed by atoms with van der Waals surface area (Å²) in [5.41, 5.74) is 2.66. The quantitative estimate of drug-likeness (QED) is 0.553. The third kappa shape index (κ3) is 2.34. The van der Waals surface area contributed by atoms with E-state index in [2.05, 4.69) is 97.1 Å². The molecule has 0 amide bonds. The normalized spacial score (nSPS) is 16.8. The van der Waals surface area contributed by atoms with Gasteiger partial charge in [0, 0.05) is 14.7 Å². The first-order chi connectivity index (χ1) is 10.9. The molecule has 0 fully saturated rings. The van der Waals surface area contributed by atoms with Crippen molar-refractivity contribution in [2.45, 2.75) is 4.90 Å². The Morgan fingerprint density at radius 1 is 0.500 bits per heavy atom. The van der Waals surface area contributed by atoms with Crippen molar-refractivity contribution in [1.82, 2.24) is 0 Å². The van der Waals surface area contributed by atoms with Gasteiger partial charge < -0.3 is 0 Å². The lowest BCUT2D eigenvalue weighted by atomic mass is 10.1. The van der Waals surface area contributed by atoms with Crippen molar-refractivity contribution in [3.63, 3.8) is 0 Å². The smallest absolute Gasteiger partial charge is 0.0152 e. The van der Waals surface area contributed by atoms with Crippen molar-refractivity contribution >= 4 is 20.3 Å². The van der Waals surface area contributed by atoms with Crippen molar-refractivity contribution in [2.24, 2.45) is 0 Å². The summed E-state index contributed by atoms with van der Waals surface area (Å²) < 4.78 is 0. The molecule has 0 aliphatic carbocycles. The van der Waals surface area contributed by atoms with E-state index < -0.39 is 0 Å². The molecular weight excluding hydrogens is 284 g/mol. The van der Waals surface area contributed by atoms with Crippen molar-refractivity contribution in [3.8, 4) is 0 Å². The maximum absolute atomic E-state index is 2.35. The molecule has 1 aliphatic rings. The monoisotopic (exact) mass is 300 g/mol. The van der Waals surface area contributed by atoms with E-state index >= 15 is 0 Å². The van der Waals surface area contributed by atoms with Gasteiger partial charge in [0.05, 0.1) is 0 Å². The number of hydrogen-bond donors (Lipinski definition) is 0. The second-order valence-electron chi connectivity index (χ2n) is 5.22. The van der Waals surface area contributed by atoms with E-state index in [1.807, 2.05) is 0 Å². The Hall–Kier alpha value is -2.38. The summed E-state index contributed by atoms with van der Waals surface area (Å²) >= 11 is 0. The fourth-order valence-electron chi connectivity index (χ4n) is 2.72. The molecule has 1 heterocycles. The molecule has 0 aromatic heterocycles. The summed E-state index contributed by atoms with van der Waals surface area (Å²) in [5, 5.41) is 0. The van der Waals surface area contributed by atoms with Gasteiger partial charge >= 0.3 is 0 Å². The summed E-state index contributed by atoms with van der Waals surface area (Å²) in [5.74, 6) is 0. The molecule has 22 heavy (non-hydrogen) atoms. The predicted octanol–water partition coefficient (Wildman–Crippen LogP) is 5.59. The van der Waals surface area contributed by atoms with E-state index in [4.69, 9.17) is 0 Å². The van der Waals surface area contributed by atoms with Gasteiger partial charge in [-0.05, 0) is 29.3 Å². The summed E-state index contributed by atoms with van der Waals surface area (Å²) in [6, 6.07) is 32.2. The molecule has 1 aliphatic heterocycles. The van der Waals surface area contributed by atoms with Crippen LogP contribution in [-0.4, -0.2) is 4.86 Å². The van der Waals surface area contributed by atoms with Crippen molar-refractivity contribution < 1.29 is 0 Å². The summed E-state index contributed by atoms with van der Waals surface area (Å²) in [6.07, 6.45) is 2.35. The summed E-state index contributed by atoms with van der Waals surface area (Å²) in [6.45, 7) is 0. The Bertz CT molecular complexity index is 844. The summed E-state index contributed by atoms with van der Waals surface area (Å²) in [4.78, 5) is 4.26. The first-order valence-corrected chi connectivity index (χ1v) is 8.65. The highest BCUT2D eigenvalue weighted by Gasteiger charge is 2.22. The Balaban J connectivity index is 1.84. The lowest BCUT2D eigenvalue weighted by Gasteiger charge is -2.27. The van der Waals surface area contributed by atoms with Crippen molar-refractivity contribution in [3.05, 3.63) is 108 Å². The molecule has 0 spiro atoms. The maximum Gasteiger partial charge on any atom is 0.0152 e. The molecule has 1 heteroatoms. The third-order valence-electron chi connectivity index (χ3n) is 3.80. The fourth-order valence-corrected chi connectivity index (χ4v) is 4.92. The predicted molar refractivity (Wildman–Crippen MR) is 97.3 cm³/mol. The van der Waals surface area contributed by atoms with Crippen LogP contribution in [0.2, 0.25) is 0 Å². The van der Waals surface area contributed by atoms with E-state index in [1.165, 1.54) is 25.8 Å². The fraction of sp³-hybridized carbons (Fsp3) is 0. The molecule has 0 saturated carbocycles. The standard InChI is InChI=1S/C21H16S/c1-4-10-17(11-5-1)20-16-21(18-12-6-2-7-13-18)22(20)19-14-8-3-9-15-19/h1-16H. The van der Waals surface area contributed by atoms with E-state index in [-0.39, 0.29) is 10.5 Å². The van der Waals surface area contributed by atoms with E-state index in [9.17, 15) is 0 Å². The van der Waals surface area contributed by atoms with Crippen LogP contribution in [0.25, 0.3) is 4.91 Å². The van der Waals surface area contributed by atoms with Crippen LogP contribution in [0.5, 0.6) is 0 Å². The van der Waals surface area contributed by atoms with Gasteiger partial charge in [0.25, 0.3) is 0 Å². The Kier molecular flexibility index (Phi) is 3.49. The van der Waals surface area contributed by atoms with E-state index in [0.29, 0.717) is 0 Å². The van der Waals surface area contributed by atoms with Crippen LogP contribution in [0.4, 0.5) is 0 Å². The maximum atomic E-state index is 2.35. The molecular formula is C21H16S. The molecule has 1 unspecified atom stereocenters. The second kappa shape index (κ2) is 5.78. The minimum absolute atomic E-state index is 0.0404. The molecule has 0 N–H and O–H groups in total. The molecule has 3 aromatic rings. The van der Waals surface area contributed by atoms with Gasteiger partial charge in [-0.25, -0.2) is 0 Å². The minimum atomic E-state index is 0.0404. The van der Waals surface area contributed by atoms with Crippen LogP contribution in [0.15, 0.2) is 102 Å². The van der Waals surface area contributed by atoms with Gasteiger partial charge in [-0.3, -0.25) is 0 Å². The van der Waals surface area contributed by atoms with Gasteiger partial charge in [0.15, 0.2) is 0 Å². The number of allylic oxidation sites excluding steroid dienone is 1. The minimum Gasteiger partial charge on any atom is -0.115 e. The van der Waals surface area contributed by atoms with Crippen LogP contribution in [0.3, 0.4) is 0 Å². The lowest BCUT2D eigenvalue weighted by molar-refractivity contribution is 1.47. The molecule has 106 valence electrons. The number of hydrogen-bond acceptors (Lipinski definition) is 0. The van der Waals surface area contributed by atoms with Crippen molar-refractivity contribution in [1.29, 1.82) is 0 Å². The Morgan fingerprint density at radius 2 is 1.00 bits per heavy atom. The lowest BCUT2D eigenvalue weighted by Crippen LogP contribution is -2.08. The van der Waals surface area contributed by atoms with E-state index in [0.717, 1.165) is 0 Å². The average molecular weight is 300 g/mol. The molecule has 3 aromatic carbocycles. The summed E-state index contributed by atoms with van der Waals surface area (Å²) in [7, 11) is 0.0404. The SMILES string of the molecule is C1=C(c2ccccc2)S(c2ccccc2)=C1c1ccccc1. The van der Waals surface area contributed by atoms with Crippen LogP contribution in [0.1, 0.15) is 11.1 Å². The molecule has 1 atom stereocenters. The highest BCUT2D eigenvalue weighted by molar-refractivity contribution is 8.26. The van der Waals surface area contributed by atoms with Gasteiger partial charge in [0.2, 0.25) is 0 Å². The van der Waals surface area contributed by atoms with Crippen LogP contribution in [0, 0.1) is 0 Å². The first-order valence-electron chi connectivity index (χ1n) is 7.42. The number of rotatable bonds is 3. The third-order valence-corrected chi connectivity index (χ3v) is 6.13. The van der Waals surface area contributed by atoms with Gasteiger partial charge in [-0.1, -0.05) is 78.9 Å². The molecule has 4 rings (SSSR count). The van der Waals surface area contributed by atoms with Crippen LogP contribution in [-0.2, 0) is 0 Å². The highest BCUT2D eigenvalue weighted by atomic mass is 32.2. The molecule has 0 bridgehead atoms. The second-order valence-corrected chi connectivity index (χ2v) is 7.19. The topological polar surface area (TPSA) is 0 Å². The van der Waals surface area contributed by atoms with Gasteiger partial charge in [-0.2, -0.15) is 0 Å². The van der Waals surface area contributed by atoms with Crippen LogP contribution < -0.4 is 0 Å². The van der Waals surface area contributed by atoms with Crippen molar-refractivity contribution in [2.75, 3.05) is 0 Å². The van der Waals surface area contributed by atoms with Gasteiger partial charge in [0.1, 0.15) is 0 Å². The zero-order chi connectivity index (χ0) is 14.8. The van der Waals surface area contributed by atoms with E-state index in [1.54, 1.807) is 0 Å².